The third-order valence-corrected chi connectivity index (χ3v) is 2.13. The zero-order chi connectivity index (χ0) is 14.5. The Balaban J connectivity index is 2.60. The highest BCUT2D eigenvalue weighted by molar-refractivity contribution is 5.81. The van der Waals surface area contributed by atoms with Crippen LogP contribution in [0, 0.1) is 0 Å². The lowest BCUT2D eigenvalue weighted by atomic mass is 10.2. The molecule has 0 radical (unpaired) electrons. The van der Waals surface area contributed by atoms with Crippen molar-refractivity contribution in [2.24, 2.45) is 5.73 Å². The van der Waals surface area contributed by atoms with Crippen molar-refractivity contribution in [3.05, 3.63) is 29.8 Å². The largest absolute Gasteiger partial charge is 0.573 e. The highest BCUT2D eigenvalue weighted by atomic mass is 19.4. The van der Waals surface area contributed by atoms with Gasteiger partial charge in [-0.3, -0.25) is 4.79 Å². The van der Waals surface area contributed by atoms with Gasteiger partial charge in [0.2, 0.25) is 5.91 Å². The van der Waals surface area contributed by atoms with Crippen LogP contribution in [0.1, 0.15) is 5.56 Å². The first-order valence-electron chi connectivity index (χ1n) is 5.30. The fourth-order valence-electron chi connectivity index (χ4n) is 1.26. The maximum Gasteiger partial charge on any atom is 0.573 e. The van der Waals surface area contributed by atoms with Gasteiger partial charge < -0.3 is 20.9 Å². The molecule has 1 aromatic carbocycles. The summed E-state index contributed by atoms with van der Waals surface area (Å²) in [5, 5.41) is 11.0. The summed E-state index contributed by atoms with van der Waals surface area (Å²) in [5.41, 5.74) is 5.68. The quantitative estimate of drug-likeness (QED) is 0.733. The van der Waals surface area contributed by atoms with Crippen LogP contribution in [-0.4, -0.2) is 30.0 Å². The van der Waals surface area contributed by atoms with Gasteiger partial charge in [0.25, 0.3) is 0 Å². The molecule has 0 fully saturated rings. The Morgan fingerprint density at radius 1 is 1.47 bits per heavy atom. The molecule has 1 aromatic rings. The third-order valence-electron chi connectivity index (χ3n) is 2.13. The van der Waals surface area contributed by atoms with E-state index in [9.17, 15) is 18.0 Å². The Labute approximate surface area is 107 Å². The fraction of sp³-hybridized carbons (Fsp3) is 0.364. The van der Waals surface area contributed by atoms with Gasteiger partial charge in [0, 0.05) is 6.54 Å². The summed E-state index contributed by atoms with van der Waals surface area (Å²) >= 11 is 0. The molecule has 0 aliphatic heterocycles. The molecule has 0 bridgehead atoms. The van der Waals surface area contributed by atoms with Crippen LogP contribution in [0.4, 0.5) is 13.2 Å². The molecule has 1 rings (SSSR count). The first-order chi connectivity index (χ1) is 8.81. The SMILES string of the molecule is NC(CO)C(=O)NCc1cccc(OC(F)(F)F)c1. The number of ether oxygens (including phenoxy) is 1. The van der Waals surface area contributed by atoms with Crippen molar-refractivity contribution in [2.45, 2.75) is 18.9 Å². The van der Waals surface area contributed by atoms with E-state index >= 15 is 0 Å². The minimum Gasteiger partial charge on any atom is -0.406 e. The van der Waals surface area contributed by atoms with Crippen molar-refractivity contribution >= 4 is 5.91 Å². The van der Waals surface area contributed by atoms with Gasteiger partial charge in [-0.1, -0.05) is 12.1 Å². The number of alkyl halides is 3. The van der Waals surface area contributed by atoms with Gasteiger partial charge in [-0.05, 0) is 17.7 Å². The third kappa shape index (κ3) is 5.58. The number of rotatable bonds is 5. The Hall–Kier alpha value is -1.80. The molecule has 0 heterocycles. The summed E-state index contributed by atoms with van der Waals surface area (Å²) in [5.74, 6) is -0.963. The first kappa shape index (κ1) is 15.3. The maximum absolute atomic E-state index is 12.0. The number of carbonyl (C=O) groups is 1. The second kappa shape index (κ2) is 6.39. The number of amides is 1. The monoisotopic (exact) mass is 278 g/mol. The molecular weight excluding hydrogens is 265 g/mol. The van der Waals surface area contributed by atoms with E-state index in [1.807, 2.05) is 0 Å². The normalized spacial score (nSPS) is 12.9. The van der Waals surface area contributed by atoms with Crippen LogP contribution in [0.25, 0.3) is 0 Å². The number of aliphatic hydroxyl groups excluding tert-OH is 1. The predicted octanol–water partition coefficient (Wildman–Crippen LogP) is 0.521. The van der Waals surface area contributed by atoms with E-state index < -0.39 is 24.9 Å². The fourth-order valence-corrected chi connectivity index (χ4v) is 1.26. The van der Waals surface area contributed by atoms with E-state index in [0.717, 1.165) is 12.1 Å². The second-order valence-electron chi connectivity index (χ2n) is 3.70. The smallest absolute Gasteiger partial charge is 0.406 e. The molecule has 0 aliphatic rings. The van der Waals surface area contributed by atoms with E-state index in [-0.39, 0.29) is 12.3 Å². The summed E-state index contributed by atoms with van der Waals surface area (Å²) < 4.78 is 39.7. The van der Waals surface area contributed by atoms with Crippen LogP contribution in [0.5, 0.6) is 5.75 Å². The average molecular weight is 278 g/mol. The topological polar surface area (TPSA) is 84.6 Å². The molecule has 0 spiro atoms. The minimum atomic E-state index is -4.76. The minimum absolute atomic E-state index is 0.0123. The number of hydrogen-bond donors (Lipinski definition) is 3. The Bertz CT molecular complexity index is 437. The standard InChI is InChI=1S/C11H13F3N2O3/c12-11(13,14)19-8-3-1-2-7(4-8)5-16-10(18)9(15)6-17/h1-4,9,17H,5-6,15H2,(H,16,18). The lowest BCUT2D eigenvalue weighted by Gasteiger charge is -2.12. The molecule has 0 aliphatic carbocycles. The van der Waals surface area contributed by atoms with Crippen molar-refractivity contribution in [3.8, 4) is 5.75 Å². The van der Waals surface area contributed by atoms with Crippen LogP contribution in [0.2, 0.25) is 0 Å². The first-order valence-corrected chi connectivity index (χ1v) is 5.30. The summed E-state index contributed by atoms with van der Waals surface area (Å²) in [4.78, 5) is 11.3. The zero-order valence-corrected chi connectivity index (χ0v) is 9.78. The summed E-state index contributed by atoms with van der Waals surface area (Å²) in [6.07, 6.45) is -4.76. The molecule has 5 nitrogen and oxygen atoms in total. The molecule has 0 aromatic heterocycles. The number of aliphatic hydroxyl groups is 1. The zero-order valence-electron chi connectivity index (χ0n) is 9.78. The molecule has 1 amide bonds. The van der Waals surface area contributed by atoms with Crippen molar-refractivity contribution in [1.82, 2.24) is 5.32 Å². The molecule has 106 valence electrons. The van der Waals surface area contributed by atoms with Gasteiger partial charge >= 0.3 is 6.36 Å². The van der Waals surface area contributed by atoms with E-state index in [4.69, 9.17) is 10.8 Å². The Morgan fingerprint density at radius 3 is 2.74 bits per heavy atom. The van der Waals surface area contributed by atoms with E-state index in [2.05, 4.69) is 10.1 Å². The van der Waals surface area contributed by atoms with Crippen LogP contribution in [-0.2, 0) is 11.3 Å². The van der Waals surface area contributed by atoms with Gasteiger partial charge in [-0.15, -0.1) is 13.2 Å². The van der Waals surface area contributed by atoms with Gasteiger partial charge in [-0.2, -0.15) is 0 Å². The highest BCUT2D eigenvalue weighted by Gasteiger charge is 2.31. The van der Waals surface area contributed by atoms with Gasteiger partial charge in [-0.25, -0.2) is 0 Å². The van der Waals surface area contributed by atoms with Crippen molar-refractivity contribution in [2.75, 3.05) is 6.61 Å². The number of nitrogens with one attached hydrogen (secondary N) is 1. The Morgan fingerprint density at radius 2 is 2.16 bits per heavy atom. The number of benzene rings is 1. The number of hydrogen-bond acceptors (Lipinski definition) is 4. The average Bonchev–Trinajstić information content (AvgIpc) is 2.33. The molecule has 0 saturated carbocycles. The number of nitrogens with two attached hydrogens (primary N) is 1. The van der Waals surface area contributed by atoms with E-state index in [1.165, 1.54) is 12.1 Å². The Kier molecular flexibility index (Phi) is 5.13. The van der Waals surface area contributed by atoms with Crippen LogP contribution in [0.3, 0.4) is 0 Å². The molecule has 1 atom stereocenters. The molecular formula is C11H13F3N2O3. The molecule has 0 saturated heterocycles. The van der Waals surface area contributed by atoms with Crippen molar-refractivity contribution in [3.63, 3.8) is 0 Å². The second-order valence-corrected chi connectivity index (χ2v) is 3.70. The maximum atomic E-state index is 12.0. The van der Waals surface area contributed by atoms with Gasteiger partial charge in [0.1, 0.15) is 11.8 Å². The number of carbonyl (C=O) groups excluding carboxylic acids is 1. The van der Waals surface area contributed by atoms with Crippen molar-refractivity contribution < 1.29 is 27.8 Å². The molecule has 1 unspecified atom stereocenters. The van der Waals surface area contributed by atoms with Crippen molar-refractivity contribution in [1.29, 1.82) is 0 Å². The summed E-state index contributed by atoms with van der Waals surface area (Å²) in [6.45, 7) is -0.523. The van der Waals surface area contributed by atoms with E-state index in [0.29, 0.717) is 5.56 Å². The van der Waals surface area contributed by atoms with E-state index in [1.54, 1.807) is 0 Å². The lowest BCUT2D eigenvalue weighted by molar-refractivity contribution is -0.274. The predicted molar refractivity (Wildman–Crippen MR) is 60.0 cm³/mol. The summed E-state index contributed by atoms with van der Waals surface area (Å²) in [7, 11) is 0. The van der Waals surface area contributed by atoms with Crippen LogP contribution < -0.4 is 15.8 Å². The molecule has 19 heavy (non-hydrogen) atoms. The lowest BCUT2D eigenvalue weighted by Crippen LogP contribution is -2.42. The molecule has 4 N–H and O–H groups in total. The highest BCUT2D eigenvalue weighted by Crippen LogP contribution is 2.23. The molecule has 8 heteroatoms. The summed E-state index contributed by atoms with van der Waals surface area (Å²) in [6, 6.07) is 4.13. The van der Waals surface area contributed by atoms with Crippen LogP contribution >= 0.6 is 0 Å². The van der Waals surface area contributed by atoms with Gasteiger partial charge in [0.05, 0.1) is 6.61 Å². The van der Waals surface area contributed by atoms with Gasteiger partial charge in [0.15, 0.2) is 0 Å². The number of halogens is 3. The van der Waals surface area contributed by atoms with Crippen LogP contribution in [0.15, 0.2) is 24.3 Å².